The van der Waals surface area contributed by atoms with Crippen LogP contribution in [-0.2, 0) is 4.74 Å². The number of methoxy groups -OCH3 is 1. The van der Waals surface area contributed by atoms with Crippen LogP contribution in [0.3, 0.4) is 0 Å². The van der Waals surface area contributed by atoms with E-state index in [4.69, 9.17) is 9.47 Å². The third-order valence-electron chi connectivity index (χ3n) is 3.90. The van der Waals surface area contributed by atoms with Crippen LogP contribution in [0.2, 0.25) is 0 Å². The van der Waals surface area contributed by atoms with Crippen molar-refractivity contribution < 1.29 is 14.3 Å². The SMILES string of the molecule is CCN1CCC(CNC(=O)Nc2ccc(OCCOC)nc2)C1. The fraction of sp³-hybridized carbons (Fsp3) is 0.625. The van der Waals surface area contributed by atoms with Crippen LogP contribution in [-0.4, -0.2) is 62.4 Å². The maximum atomic E-state index is 11.9. The Kier molecular flexibility index (Phi) is 7.09. The maximum absolute atomic E-state index is 11.9. The molecule has 1 atom stereocenters. The summed E-state index contributed by atoms with van der Waals surface area (Å²) in [7, 11) is 1.62. The van der Waals surface area contributed by atoms with Crippen molar-refractivity contribution in [2.24, 2.45) is 5.92 Å². The van der Waals surface area contributed by atoms with Crippen molar-refractivity contribution in [1.82, 2.24) is 15.2 Å². The second kappa shape index (κ2) is 9.32. The molecule has 0 aromatic carbocycles. The number of amides is 2. The fourth-order valence-electron chi connectivity index (χ4n) is 2.55. The van der Waals surface area contributed by atoms with Gasteiger partial charge in [0.05, 0.1) is 18.5 Å². The minimum atomic E-state index is -0.199. The summed E-state index contributed by atoms with van der Waals surface area (Å²) in [6.07, 6.45) is 2.72. The molecule has 0 saturated carbocycles. The highest BCUT2D eigenvalue weighted by Crippen LogP contribution is 2.15. The van der Waals surface area contributed by atoms with Gasteiger partial charge in [-0.25, -0.2) is 9.78 Å². The number of aromatic nitrogens is 1. The molecule has 7 nitrogen and oxygen atoms in total. The van der Waals surface area contributed by atoms with Crippen molar-refractivity contribution in [2.75, 3.05) is 51.8 Å². The first kappa shape index (κ1) is 17.5. The van der Waals surface area contributed by atoms with E-state index in [1.54, 1.807) is 25.4 Å². The van der Waals surface area contributed by atoms with Gasteiger partial charge in [-0.3, -0.25) is 0 Å². The highest BCUT2D eigenvalue weighted by Gasteiger charge is 2.21. The van der Waals surface area contributed by atoms with E-state index < -0.39 is 0 Å². The molecule has 0 bridgehead atoms. The van der Waals surface area contributed by atoms with Crippen molar-refractivity contribution in [3.05, 3.63) is 18.3 Å². The number of carbonyl (C=O) groups excluding carboxylic acids is 1. The zero-order chi connectivity index (χ0) is 16.5. The molecule has 1 saturated heterocycles. The van der Waals surface area contributed by atoms with Gasteiger partial charge < -0.3 is 25.0 Å². The van der Waals surface area contributed by atoms with Crippen LogP contribution in [0.15, 0.2) is 18.3 Å². The van der Waals surface area contributed by atoms with E-state index in [2.05, 4.69) is 27.4 Å². The smallest absolute Gasteiger partial charge is 0.319 e. The lowest BCUT2D eigenvalue weighted by Gasteiger charge is -2.14. The number of hydrogen-bond donors (Lipinski definition) is 2. The molecule has 1 unspecified atom stereocenters. The monoisotopic (exact) mass is 322 g/mol. The Hall–Kier alpha value is -1.86. The average Bonchev–Trinajstić information content (AvgIpc) is 3.03. The normalized spacial score (nSPS) is 17.9. The zero-order valence-corrected chi connectivity index (χ0v) is 13.9. The molecule has 1 aliphatic heterocycles. The van der Waals surface area contributed by atoms with Crippen molar-refractivity contribution in [2.45, 2.75) is 13.3 Å². The van der Waals surface area contributed by atoms with E-state index in [0.717, 1.165) is 26.1 Å². The summed E-state index contributed by atoms with van der Waals surface area (Å²) in [5.74, 6) is 1.05. The van der Waals surface area contributed by atoms with Gasteiger partial charge in [0.25, 0.3) is 0 Å². The summed E-state index contributed by atoms with van der Waals surface area (Å²) in [6.45, 7) is 7.09. The number of pyridine rings is 1. The summed E-state index contributed by atoms with van der Waals surface area (Å²) in [5, 5.41) is 5.70. The Morgan fingerprint density at radius 2 is 2.30 bits per heavy atom. The maximum Gasteiger partial charge on any atom is 0.319 e. The Balaban J connectivity index is 1.68. The summed E-state index contributed by atoms with van der Waals surface area (Å²) in [6, 6.07) is 3.29. The Bertz CT molecular complexity index is 481. The first-order valence-corrected chi connectivity index (χ1v) is 8.06. The van der Waals surface area contributed by atoms with Gasteiger partial charge in [-0.2, -0.15) is 0 Å². The summed E-state index contributed by atoms with van der Waals surface area (Å²) >= 11 is 0. The molecule has 1 fully saturated rings. The Morgan fingerprint density at radius 3 is 2.96 bits per heavy atom. The topological polar surface area (TPSA) is 75.7 Å². The number of carbonyl (C=O) groups is 1. The molecule has 2 heterocycles. The third kappa shape index (κ3) is 6.03. The Morgan fingerprint density at radius 1 is 1.43 bits per heavy atom. The number of ether oxygens (including phenoxy) is 2. The second-order valence-electron chi connectivity index (χ2n) is 5.61. The molecule has 7 heteroatoms. The lowest BCUT2D eigenvalue weighted by atomic mass is 10.1. The zero-order valence-electron chi connectivity index (χ0n) is 13.9. The molecule has 2 rings (SSSR count). The number of nitrogens with zero attached hydrogens (tertiary/aromatic N) is 2. The number of hydrogen-bond acceptors (Lipinski definition) is 5. The van der Waals surface area contributed by atoms with Crippen LogP contribution < -0.4 is 15.4 Å². The first-order valence-electron chi connectivity index (χ1n) is 8.06. The van der Waals surface area contributed by atoms with Gasteiger partial charge in [-0.1, -0.05) is 6.92 Å². The molecule has 1 aromatic rings. The van der Waals surface area contributed by atoms with Crippen molar-refractivity contribution in [1.29, 1.82) is 0 Å². The van der Waals surface area contributed by atoms with Crippen LogP contribution in [0.4, 0.5) is 10.5 Å². The van der Waals surface area contributed by atoms with Gasteiger partial charge in [-0.05, 0) is 31.5 Å². The molecule has 1 aliphatic rings. The highest BCUT2D eigenvalue weighted by atomic mass is 16.5. The van der Waals surface area contributed by atoms with Crippen LogP contribution in [0, 0.1) is 5.92 Å². The van der Waals surface area contributed by atoms with Crippen LogP contribution in [0.5, 0.6) is 5.88 Å². The van der Waals surface area contributed by atoms with Crippen molar-refractivity contribution in [3.63, 3.8) is 0 Å². The van der Waals surface area contributed by atoms with Crippen molar-refractivity contribution in [3.8, 4) is 5.88 Å². The molecule has 2 amide bonds. The number of rotatable bonds is 8. The highest BCUT2D eigenvalue weighted by molar-refractivity contribution is 5.88. The van der Waals surface area contributed by atoms with Crippen molar-refractivity contribution >= 4 is 11.7 Å². The third-order valence-corrected chi connectivity index (χ3v) is 3.90. The molecule has 1 aromatic heterocycles. The number of anilines is 1. The molecule has 0 radical (unpaired) electrons. The lowest BCUT2D eigenvalue weighted by molar-refractivity contribution is 0.144. The predicted octanol–water partition coefficient (Wildman–Crippen LogP) is 1.57. The molecular weight excluding hydrogens is 296 g/mol. The van der Waals surface area contributed by atoms with E-state index in [0.29, 0.717) is 37.2 Å². The second-order valence-corrected chi connectivity index (χ2v) is 5.61. The lowest BCUT2D eigenvalue weighted by Crippen LogP contribution is -2.34. The quantitative estimate of drug-likeness (QED) is 0.711. The number of urea groups is 1. The largest absolute Gasteiger partial charge is 0.475 e. The van der Waals surface area contributed by atoms with Gasteiger partial charge in [0.1, 0.15) is 6.61 Å². The average molecular weight is 322 g/mol. The summed E-state index contributed by atoms with van der Waals surface area (Å²) in [5.41, 5.74) is 0.642. The van der Waals surface area contributed by atoms with E-state index in [-0.39, 0.29) is 6.03 Å². The molecule has 128 valence electrons. The van der Waals surface area contributed by atoms with E-state index in [9.17, 15) is 4.79 Å². The molecule has 23 heavy (non-hydrogen) atoms. The van der Waals surface area contributed by atoms with Gasteiger partial charge in [-0.15, -0.1) is 0 Å². The van der Waals surface area contributed by atoms with E-state index in [1.165, 1.54) is 0 Å². The minimum absolute atomic E-state index is 0.199. The molecular formula is C16H26N4O3. The molecule has 2 N–H and O–H groups in total. The fourth-order valence-corrected chi connectivity index (χ4v) is 2.55. The van der Waals surface area contributed by atoms with Gasteiger partial charge in [0.15, 0.2) is 0 Å². The Labute approximate surface area is 137 Å². The van der Waals surface area contributed by atoms with Crippen LogP contribution >= 0.6 is 0 Å². The summed E-state index contributed by atoms with van der Waals surface area (Å²) < 4.78 is 10.3. The number of nitrogens with one attached hydrogen (secondary N) is 2. The van der Waals surface area contributed by atoms with Gasteiger partial charge in [0, 0.05) is 26.3 Å². The summed E-state index contributed by atoms with van der Waals surface area (Å²) in [4.78, 5) is 18.4. The van der Waals surface area contributed by atoms with E-state index in [1.807, 2.05) is 0 Å². The van der Waals surface area contributed by atoms with Crippen LogP contribution in [0.25, 0.3) is 0 Å². The molecule has 0 aliphatic carbocycles. The van der Waals surface area contributed by atoms with E-state index >= 15 is 0 Å². The standard InChI is InChI=1S/C16H26N4O3/c1-3-20-7-6-13(12-20)10-18-16(21)19-14-4-5-15(17-11-14)23-9-8-22-2/h4-5,11,13H,3,6-10,12H2,1-2H3,(H2,18,19,21). The minimum Gasteiger partial charge on any atom is -0.475 e. The first-order chi connectivity index (χ1) is 11.2. The van der Waals surface area contributed by atoms with Crippen LogP contribution in [0.1, 0.15) is 13.3 Å². The van der Waals surface area contributed by atoms with Gasteiger partial charge in [0.2, 0.25) is 5.88 Å². The van der Waals surface area contributed by atoms with Gasteiger partial charge >= 0.3 is 6.03 Å². The molecule has 0 spiro atoms. The number of likely N-dealkylation sites (tertiary alicyclic amines) is 1. The predicted molar refractivity (Wildman–Crippen MR) is 88.9 cm³/mol.